The van der Waals surface area contributed by atoms with Crippen LogP contribution in [-0.4, -0.2) is 20.0 Å². The maximum Gasteiger partial charge on any atom is 0.207 e. The molecule has 0 aliphatic heterocycles. The molecule has 0 aliphatic rings. The first-order valence-corrected chi connectivity index (χ1v) is 6.31. The van der Waals surface area contributed by atoms with Crippen LogP contribution in [-0.2, 0) is 10.7 Å². The molecule has 2 rings (SSSR count). The fraction of sp³-hybridized carbons (Fsp3) is 0.100. The van der Waals surface area contributed by atoms with Gasteiger partial charge in [-0.25, -0.2) is 13.4 Å². The first-order chi connectivity index (χ1) is 7.70. The first kappa shape index (κ1) is 10.9. The number of hydrogen-bond donors (Lipinski definition) is 1. The molecule has 0 atom stereocenters. The third kappa shape index (κ3) is 2.15. The monoisotopic (exact) mass is 253 g/mol. The lowest BCUT2D eigenvalue weighted by Gasteiger charge is -2.00. The van der Waals surface area contributed by atoms with E-state index >= 15 is 0 Å². The number of nitrogens with zero attached hydrogens (tertiary/aromatic N) is 1. The topological polar surface area (TPSA) is 56.3 Å². The molecule has 1 aromatic heterocycles. The van der Waals surface area contributed by atoms with E-state index in [0.29, 0.717) is 11.3 Å². The van der Waals surface area contributed by atoms with E-state index in [2.05, 4.69) is 10.9 Å². The number of aromatic nitrogens is 1. The van der Waals surface area contributed by atoms with Crippen LogP contribution >= 0.6 is 11.3 Å². The highest BCUT2D eigenvalue weighted by atomic mass is 32.2. The van der Waals surface area contributed by atoms with Gasteiger partial charge in [0.1, 0.15) is 12.4 Å². The fourth-order valence-corrected chi connectivity index (χ4v) is 2.70. The molecule has 0 spiro atoms. The quantitative estimate of drug-likeness (QED) is 0.661. The van der Waals surface area contributed by atoms with Crippen molar-refractivity contribution in [3.63, 3.8) is 0 Å². The van der Waals surface area contributed by atoms with Gasteiger partial charge in [-0.3, -0.25) is 0 Å². The van der Waals surface area contributed by atoms with E-state index in [0.717, 1.165) is 16.0 Å². The van der Waals surface area contributed by atoms with Crippen LogP contribution in [0.2, 0.25) is 0 Å². The lowest BCUT2D eigenvalue weighted by atomic mass is 10.3. The minimum Gasteiger partial charge on any atom is -0.481 e. The minimum absolute atomic E-state index is 0.110. The maximum absolute atomic E-state index is 10.8. The SMILES string of the molecule is C#CCOc1ccc2nc([SH](=O)=O)sc2c1. The lowest BCUT2D eigenvalue weighted by molar-refractivity contribution is 0.371. The van der Waals surface area contributed by atoms with Gasteiger partial charge in [-0.1, -0.05) is 5.92 Å². The number of hydrogen-bond acceptors (Lipinski definition) is 5. The zero-order chi connectivity index (χ0) is 11.5. The van der Waals surface area contributed by atoms with E-state index in [9.17, 15) is 8.42 Å². The molecule has 82 valence electrons. The highest BCUT2D eigenvalue weighted by Gasteiger charge is 2.06. The third-order valence-corrected chi connectivity index (χ3v) is 3.78. The van der Waals surface area contributed by atoms with Crippen LogP contribution in [0.15, 0.2) is 22.5 Å². The largest absolute Gasteiger partial charge is 0.481 e. The second-order valence-corrected chi connectivity index (χ2v) is 5.15. The van der Waals surface area contributed by atoms with Gasteiger partial charge in [-0.15, -0.1) is 17.8 Å². The molecule has 0 unspecified atom stereocenters. The molecule has 1 heterocycles. The van der Waals surface area contributed by atoms with Crippen LogP contribution in [0.1, 0.15) is 0 Å². The van der Waals surface area contributed by atoms with Crippen molar-refractivity contribution in [2.24, 2.45) is 0 Å². The number of rotatable bonds is 3. The van der Waals surface area contributed by atoms with Crippen molar-refractivity contribution >= 4 is 32.3 Å². The van der Waals surface area contributed by atoms with Crippen LogP contribution in [0.3, 0.4) is 0 Å². The Kier molecular flexibility index (Phi) is 3.08. The second-order valence-electron chi connectivity index (χ2n) is 2.88. The average Bonchev–Trinajstić information content (AvgIpc) is 2.69. The van der Waals surface area contributed by atoms with Gasteiger partial charge in [0.25, 0.3) is 0 Å². The van der Waals surface area contributed by atoms with E-state index in [4.69, 9.17) is 11.2 Å². The van der Waals surface area contributed by atoms with Gasteiger partial charge in [0.2, 0.25) is 4.34 Å². The zero-order valence-corrected chi connectivity index (χ0v) is 9.75. The Bertz CT molecular complexity index is 629. The van der Waals surface area contributed by atoms with Crippen molar-refractivity contribution in [1.29, 1.82) is 0 Å². The van der Waals surface area contributed by atoms with E-state index in [1.807, 2.05) is 0 Å². The maximum atomic E-state index is 10.8. The molecule has 0 bridgehead atoms. The van der Waals surface area contributed by atoms with Crippen LogP contribution in [0.5, 0.6) is 5.75 Å². The van der Waals surface area contributed by atoms with Gasteiger partial charge in [-0.05, 0) is 18.2 Å². The smallest absolute Gasteiger partial charge is 0.207 e. The molecular weight excluding hydrogens is 246 g/mol. The summed E-state index contributed by atoms with van der Waals surface area (Å²) in [6, 6.07) is 5.15. The molecule has 0 aliphatic carbocycles. The summed E-state index contributed by atoms with van der Waals surface area (Å²) in [7, 11) is -2.63. The van der Waals surface area contributed by atoms with Crippen molar-refractivity contribution in [2.75, 3.05) is 6.61 Å². The number of thiol groups is 1. The lowest BCUT2D eigenvalue weighted by Crippen LogP contribution is -1.92. The molecule has 6 heteroatoms. The van der Waals surface area contributed by atoms with E-state index in [1.165, 1.54) is 0 Å². The van der Waals surface area contributed by atoms with Crippen molar-refractivity contribution in [1.82, 2.24) is 4.98 Å². The van der Waals surface area contributed by atoms with Gasteiger partial charge in [0.15, 0.2) is 10.7 Å². The summed E-state index contributed by atoms with van der Waals surface area (Å²) in [4.78, 5) is 3.96. The number of fused-ring (bicyclic) bond motifs is 1. The summed E-state index contributed by atoms with van der Waals surface area (Å²) in [5.41, 5.74) is 0.646. The summed E-state index contributed by atoms with van der Waals surface area (Å²) in [6.45, 7) is 0.187. The van der Waals surface area contributed by atoms with Gasteiger partial charge in [0, 0.05) is 0 Å². The van der Waals surface area contributed by atoms with Crippen molar-refractivity contribution < 1.29 is 13.2 Å². The highest BCUT2D eigenvalue weighted by Crippen LogP contribution is 2.26. The van der Waals surface area contributed by atoms with Crippen LogP contribution in [0.25, 0.3) is 10.2 Å². The van der Waals surface area contributed by atoms with Crippen molar-refractivity contribution in [3.8, 4) is 18.1 Å². The summed E-state index contributed by atoms with van der Waals surface area (Å²) in [5.74, 6) is 2.97. The Morgan fingerprint density at radius 3 is 3.00 bits per heavy atom. The summed E-state index contributed by atoms with van der Waals surface area (Å²) >= 11 is 1.11. The number of benzene rings is 1. The number of thiazole rings is 1. The summed E-state index contributed by atoms with van der Waals surface area (Å²) in [6.07, 6.45) is 5.07. The molecular formula is C10H7NO3S2. The molecule has 0 amide bonds. The zero-order valence-electron chi connectivity index (χ0n) is 8.04. The average molecular weight is 253 g/mol. The molecule has 0 N–H and O–H groups in total. The molecule has 16 heavy (non-hydrogen) atoms. The molecule has 0 fully saturated rings. The molecule has 0 radical (unpaired) electrons. The van der Waals surface area contributed by atoms with Crippen LogP contribution in [0, 0.1) is 12.3 Å². The first-order valence-electron chi connectivity index (χ1n) is 4.32. The molecule has 0 saturated carbocycles. The minimum atomic E-state index is -2.63. The standard InChI is InChI=1S/C10H7NO3S2/c1-2-5-14-7-3-4-8-9(6-7)15-10(11-8)16(12)13/h1,3-4,6,16H,5H2. The Morgan fingerprint density at radius 1 is 1.50 bits per heavy atom. The van der Waals surface area contributed by atoms with Crippen molar-refractivity contribution in [3.05, 3.63) is 18.2 Å². The van der Waals surface area contributed by atoms with E-state index < -0.39 is 10.7 Å². The van der Waals surface area contributed by atoms with Gasteiger partial charge >= 0.3 is 0 Å². The fourth-order valence-electron chi connectivity index (χ4n) is 1.19. The molecule has 0 saturated heterocycles. The van der Waals surface area contributed by atoms with E-state index in [-0.39, 0.29) is 10.9 Å². The van der Waals surface area contributed by atoms with Crippen LogP contribution in [0.4, 0.5) is 0 Å². The number of terminal acetylenes is 1. The summed E-state index contributed by atoms with van der Waals surface area (Å²) < 4.78 is 27.6. The second kappa shape index (κ2) is 4.51. The number of ether oxygens (including phenoxy) is 1. The van der Waals surface area contributed by atoms with Crippen LogP contribution < -0.4 is 4.74 Å². The Hall–Kier alpha value is -1.58. The highest BCUT2D eigenvalue weighted by molar-refractivity contribution is 7.75. The Labute approximate surface area is 97.8 Å². The Morgan fingerprint density at radius 2 is 2.31 bits per heavy atom. The molecule has 1 aromatic carbocycles. The normalized spacial score (nSPS) is 10.5. The predicted octanol–water partition coefficient (Wildman–Crippen LogP) is 1.28. The molecule has 4 nitrogen and oxygen atoms in total. The summed E-state index contributed by atoms with van der Waals surface area (Å²) in [5, 5.41) is 0. The van der Waals surface area contributed by atoms with E-state index in [1.54, 1.807) is 18.2 Å². The van der Waals surface area contributed by atoms with Gasteiger partial charge in [0.05, 0.1) is 10.2 Å². The van der Waals surface area contributed by atoms with Crippen molar-refractivity contribution in [2.45, 2.75) is 4.34 Å². The third-order valence-electron chi connectivity index (χ3n) is 1.83. The predicted molar refractivity (Wildman–Crippen MR) is 62.5 cm³/mol. The van der Waals surface area contributed by atoms with Gasteiger partial charge in [-0.2, -0.15) is 0 Å². The van der Waals surface area contributed by atoms with Gasteiger partial charge < -0.3 is 4.74 Å². The molecule has 2 aromatic rings. The Balaban J connectivity index is 2.42.